The van der Waals surface area contributed by atoms with E-state index in [2.05, 4.69) is 34.3 Å². The monoisotopic (exact) mass is 292 g/mol. The van der Waals surface area contributed by atoms with Gasteiger partial charge >= 0.3 is 5.97 Å². The Morgan fingerprint density at radius 3 is 2.71 bits per heavy atom. The van der Waals surface area contributed by atoms with Gasteiger partial charge in [-0.1, -0.05) is 33.8 Å². The summed E-state index contributed by atoms with van der Waals surface area (Å²) in [6.07, 6.45) is 7.19. The van der Waals surface area contributed by atoms with Crippen LogP contribution in [0.5, 0.6) is 0 Å². The summed E-state index contributed by atoms with van der Waals surface area (Å²) < 4.78 is 12.1. The van der Waals surface area contributed by atoms with Crippen LogP contribution in [0, 0.1) is 23.7 Å². The Morgan fingerprint density at radius 2 is 2.10 bits per heavy atom. The van der Waals surface area contributed by atoms with Crippen LogP contribution in [0.15, 0.2) is 24.5 Å². The Hall–Kier alpha value is -1.25. The first-order chi connectivity index (χ1) is 9.88. The largest absolute Gasteiger partial charge is 0.456 e. The third kappa shape index (κ3) is 3.33. The molecule has 0 saturated heterocycles. The molecule has 2 rings (SSSR count). The first-order valence-corrected chi connectivity index (χ1v) is 8.12. The molecule has 2 aliphatic rings. The van der Waals surface area contributed by atoms with Gasteiger partial charge in [0.1, 0.15) is 5.76 Å². The molecule has 21 heavy (non-hydrogen) atoms. The van der Waals surface area contributed by atoms with E-state index in [4.69, 9.17) is 9.47 Å². The van der Waals surface area contributed by atoms with Gasteiger partial charge in [0.15, 0.2) is 0 Å². The molecule has 0 aromatic carbocycles. The second-order valence-electron chi connectivity index (χ2n) is 7.04. The summed E-state index contributed by atoms with van der Waals surface area (Å²) in [7, 11) is 0. The molecule has 0 aromatic heterocycles. The highest BCUT2D eigenvalue weighted by atomic mass is 16.7. The van der Waals surface area contributed by atoms with Crippen molar-refractivity contribution in [2.24, 2.45) is 23.7 Å². The van der Waals surface area contributed by atoms with Crippen molar-refractivity contribution >= 4 is 5.97 Å². The number of carbonyl (C=O) groups excluding carboxylic acids is 1. The van der Waals surface area contributed by atoms with Crippen molar-refractivity contribution in [2.75, 3.05) is 0 Å². The molecule has 1 spiro atoms. The molecule has 0 N–H and O–H groups in total. The van der Waals surface area contributed by atoms with Crippen LogP contribution >= 0.6 is 0 Å². The highest BCUT2D eigenvalue weighted by Crippen LogP contribution is 2.47. The maximum absolute atomic E-state index is 12.1. The Labute approximate surface area is 128 Å². The van der Waals surface area contributed by atoms with E-state index < -0.39 is 5.79 Å². The Balaban J connectivity index is 2.29. The van der Waals surface area contributed by atoms with Crippen LogP contribution in [0.1, 0.15) is 53.4 Å². The van der Waals surface area contributed by atoms with Gasteiger partial charge in [0.05, 0.1) is 6.08 Å². The van der Waals surface area contributed by atoms with Crippen molar-refractivity contribution in [3.05, 3.63) is 24.5 Å². The summed E-state index contributed by atoms with van der Waals surface area (Å²) >= 11 is 0. The summed E-state index contributed by atoms with van der Waals surface area (Å²) in [6.45, 7) is 12.4. The Bertz CT molecular complexity index is 438. The number of hydrogen-bond acceptors (Lipinski definition) is 3. The van der Waals surface area contributed by atoms with E-state index in [1.165, 1.54) is 12.5 Å². The SMILES string of the molecule is C=CCC(C)C1=CC(=O)OC2(CC(C)CCC2C(C)C)O1. The topological polar surface area (TPSA) is 35.5 Å². The van der Waals surface area contributed by atoms with Crippen molar-refractivity contribution in [3.63, 3.8) is 0 Å². The molecule has 1 heterocycles. The Morgan fingerprint density at radius 1 is 1.38 bits per heavy atom. The van der Waals surface area contributed by atoms with E-state index in [1.807, 2.05) is 6.08 Å². The van der Waals surface area contributed by atoms with Crippen LogP contribution in [0.25, 0.3) is 0 Å². The van der Waals surface area contributed by atoms with Crippen LogP contribution in [-0.4, -0.2) is 11.8 Å². The normalized spacial score (nSPS) is 34.1. The van der Waals surface area contributed by atoms with Gasteiger partial charge < -0.3 is 9.47 Å². The maximum atomic E-state index is 12.1. The number of hydrogen-bond donors (Lipinski definition) is 0. The van der Waals surface area contributed by atoms with Gasteiger partial charge in [-0.05, 0) is 31.1 Å². The number of rotatable bonds is 4. The lowest BCUT2D eigenvalue weighted by Crippen LogP contribution is -2.52. The number of allylic oxidation sites excluding steroid dienone is 2. The lowest BCUT2D eigenvalue weighted by atomic mass is 9.72. The molecule has 3 nitrogen and oxygen atoms in total. The molecule has 4 unspecified atom stereocenters. The highest BCUT2D eigenvalue weighted by molar-refractivity contribution is 5.83. The number of carbonyl (C=O) groups is 1. The second kappa shape index (κ2) is 6.25. The fourth-order valence-corrected chi connectivity index (χ4v) is 3.67. The van der Waals surface area contributed by atoms with Gasteiger partial charge in [0, 0.05) is 18.3 Å². The van der Waals surface area contributed by atoms with Crippen LogP contribution < -0.4 is 0 Å². The first-order valence-electron chi connectivity index (χ1n) is 8.12. The van der Waals surface area contributed by atoms with E-state index in [-0.39, 0.29) is 17.8 Å². The van der Waals surface area contributed by atoms with E-state index in [0.29, 0.717) is 11.8 Å². The van der Waals surface area contributed by atoms with E-state index in [1.54, 1.807) is 0 Å². The zero-order chi connectivity index (χ0) is 15.6. The summed E-state index contributed by atoms with van der Waals surface area (Å²) in [5.41, 5.74) is 0. The molecular formula is C18H28O3. The molecule has 1 aliphatic carbocycles. The molecule has 3 heteroatoms. The lowest BCUT2D eigenvalue weighted by molar-refractivity contribution is -0.271. The van der Waals surface area contributed by atoms with Crippen molar-refractivity contribution in [1.82, 2.24) is 0 Å². The number of ether oxygens (including phenoxy) is 2. The summed E-state index contributed by atoms with van der Waals surface area (Å²) in [5.74, 6) is 1.11. The predicted octanol–water partition coefficient (Wildman–Crippen LogP) is 4.44. The van der Waals surface area contributed by atoms with Crippen molar-refractivity contribution in [1.29, 1.82) is 0 Å². The zero-order valence-corrected chi connectivity index (χ0v) is 13.7. The quantitative estimate of drug-likeness (QED) is 0.567. The van der Waals surface area contributed by atoms with Crippen molar-refractivity contribution in [3.8, 4) is 0 Å². The first kappa shape index (κ1) is 16.1. The highest BCUT2D eigenvalue weighted by Gasteiger charge is 2.52. The van der Waals surface area contributed by atoms with Crippen LogP contribution in [0.3, 0.4) is 0 Å². The van der Waals surface area contributed by atoms with Gasteiger partial charge in [-0.15, -0.1) is 6.58 Å². The minimum absolute atomic E-state index is 0.164. The molecular weight excluding hydrogens is 264 g/mol. The van der Waals surface area contributed by atoms with E-state index >= 15 is 0 Å². The van der Waals surface area contributed by atoms with Gasteiger partial charge in [0.25, 0.3) is 5.79 Å². The van der Waals surface area contributed by atoms with Gasteiger partial charge in [-0.25, -0.2) is 4.79 Å². The maximum Gasteiger partial charge on any atom is 0.337 e. The van der Waals surface area contributed by atoms with Gasteiger partial charge in [-0.2, -0.15) is 0 Å². The van der Waals surface area contributed by atoms with Crippen LogP contribution in [0.2, 0.25) is 0 Å². The fourth-order valence-electron chi connectivity index (χ4n) is 3.67. The summed E-state index contributed by atoms with van der Waals surface area (Å²) in [4.78, 5) is 12.1. The molecule has 4 atom stereocenters. The smallest absolute Gasteiger partial charge is 0.337 e. The molecule has 0 aromatic rings. The molecule has 0 radical (unpaired) electrons. The molecule has 0 bridgehead atoms. The Kier molecular flexibility index (Phi) is 4.80. The molecule has 1 aliphatic heterocycles. The standard InChI is InChI=1S/C18H28O3/c1-6-7-14(5)16-10-17(19)21-18(20-16)11-13(4)8-9-15(18)12(2)3/h6,10,12-15H,1,7-9,11H2,2-5H3. The van der Waals surface area contributed by atoms with Crippen LogP contribution in [0.4, 0.5) is 0 Å². The average molecular weight is 292 g/mol. The summed E-state index contributed by atoms with van der Waals surface area (Å²) in [6, 6.07) is 0. The minimum atomic E-state index is -0.761. The molecule has 118 valence electrons. The lowest BCUT2D eigenvalue weighted by Gasteiger charge is -2.48. The predicted molar refractivity (Wildman–Crippen MR) is 83.3 cm³/mol. The third-order valence-electron chi connectivity index (χ3n) is 4.80. The molecule has 0 amide bonds. The van der Waals surface area contributed by atoms with Crippen LogP contribution in [-0.2, 0) is 14.3 Å². The van der Waals surface area contributed by atoms with Gasteiger partial charge in [-0.3, -0.25) is 0 Å². The minimum Gasteiger partial charge on any atom is -0.456 e. The average Bonchev–Trinajstić information content (AvgIpc) is 2.37. The number of esters is 1. The van der Waals surface area contributed by atoms with Crippen molar-refractivity contribution in [2.45, 2.75) is 59.2 Å². The fraction of sp³-hybridized carbons (Fsp3) is 0.722. The van der Waals surface area contributed by atoms with E-state index in [0.717, 1.165) is 25.0 Å². The second-order valence-corrected chi connectivity index (χ2v) is 7.04. The van der Waals surface area contributed by atoms with Crippen molar-refractivity contribution < 1.29 is 14.3 Å². The third-order valence-corrected chi connectivity index (χ3v) is 4.80. The molecule has 1 saturated carbocycles. The van der Waals surface area contributed by atoms with E-state index in [9.17, 15) is 4.79 Å². The zero-order valence-electron chi connectivity index (χ0n) is 13.7. The summed E-state index contributed by atoms with van der Waals surface area (Å²) in [5, 5.41) is 0. The molecule has 1 fully saturated rings. The van der Waals surface area contributed by atoms with Gasteiger partial charge in [0.2, 0.25) is 0 Å².